The molecule has 0 atom stereocenters. The number of nitrogens with one attached hydrogen (secondary N) is 1. The highest BCUT2D eigenvalue weighted by atomic mass is 19.3. The minimum Gasteiger partial charge on any atom is -0.323 e. The number of alkyl halides is 2. The van der Waals surface area contributed by atoms with E-state index in [1.807, 2.05) is 28.8 Å². The van der Waals surface area contributed by atoms with Crippen LogP contribution in [0.3, 0.4) is 0 Å². The number of carbonyl (C=O) groups excluding carboxylic acids is 1. The third kappa shape index (κ3) is 2.91. The molecule has 0 unspecified atom stereocenters. The quantitative estimate of drug-likeness (QED) is 0.803. The van der Waals surface area contributed by atoms with E-state index in [2.05, 4.69) is 10.4 Å². The molecule has 0 aliphatic carbocycles. The largest absolute Gasteiger partial charge is 0.323 e. The first kappa shape index (κ1) is 13.3. The summed E-state index contributed by atoms with van der Waals surface area (Å²) in [6.45, 7) is -0.494. The molecule has 7 heteroatoms. The van der Waals surface area contributed by atoms with Crippen LogP contribution in [0, 0.1) is 0 Å². The molecule has 0 spiro atoms. The third-order valence-corrected chi connectivity index (χ3v) is 2.98. The molecule has 0 bridgehead atoms. The van der Waals surface area contributed by atoms with E-state index in [1.54, 1.807) is 12.3 Å². The molecule has 1 N–H and O–H groups in total. The van der Waals surface area contributed by atoms with Crippen LogP contribution >= 0.6 is 0 Å². The number of rotatable bonds is 4. The highest BCUT2D eigenvalue weighted by Crippen LogP contribution is 2.13. The van der Waals surface area contributed by atoms with Gasteiger partial charge in [-0.3, -0.25) is 9.48 Å². The fourth-order valence-electron chi connectivity index (χ4n) is 2.05. The second-order valence-electron chi connectivity index (χ2n) is 4.56. The Hall–Kier alpha value is -2.70. The lowest BCUT2D eigenvalue weighted by molar-refractivity contribution is 0.102. The number of anilines is 1. The summed E-state index contributed by atoms with van der Waals surface area (Å²) in [5, 5.41) is 6.39. The Bertz CT molecular complexity index is 745. The Balaban J connectivity index is 1.75. The highest BCUT2D eigenvalue weighted by Gasteiger charge is 2.11. The average Bonchev–Trinajstić information content (AvgIpc) is 3.04. The van der Waals surface area contributed by atoms with E-state index in [4.69, 9.17) is 0 Å². The van der Waals surface area contributed by atoms with Crippen LogP contribution in [-0.2, 0) is 6.54 Å². The molecular weight excluding hydrogens is 278 g/mol. The van der Waals surface area contributed by atoms with Crippen LogP contribution in [-0.4, -0.2) is 26.5 Å². The zero-order valence-electron chi connectivity index (χ0n) is 10.9. The summed E-state index contributed by atoms with van der Waals surface area (Å²) < 4.78 is 27.4. The van der Waals surface area contributed by atoms with Gasteiger partial charge in [0.15, 0.2) is 0 Å². The van der Waals surface area contributed by atoms with Crippen LogP contribution in [0.2, 0.25) is 0 Å². The number of halogens is 2. The molecule has 0 fully saturated rings. The average molecular weight is 290 g/mol. The van der Waals surface area contributed by atoms with Crippen LogP contribution in [0.15, 0.2) is 49.1 Å². The van der Waals surface area contributed by atoms with Gasteiger partial charge in [-0.15, -0.1) is 0 Å². The summed E-state index contributed by atoms with van der Waals surface area (Å²) >= 11 is 0. The van der Waals surface area contributed by atoms with Crippen LogP contribution in [0.25, 0.3) is 5.52 Å². The second kappa shape index (κ2) is 5.35. The zero-order valence-corrected chi connectivity index (χ0v) is 10.9. The van der Waals surface area contributed by atoms with E-state index in [0.717, 1.165) is 10.2 Å². The summed E-state index contributed by atoms with van der Waals surface area (Å²) in [6.07, 6.45) is 3.78. The van der Waals surface area contributed by atoms with Gasteiger partial charge < -0.3 is 9.72 Å². The minimum absolute atomic E-state index is 0.310. The van der Waals surface area contributed by atoms with Gasteiger partial charge in [-0.05, 0) is 18.2 Å². The van der Waals surface area contributed by atoms with Crippen LogP contribution in [0.1, 0.15) is 10.4 Å². The fourth-order valence-corrected chi connectivity index (χ4v) is 2.05. The van der Waals surface area contributed by atoms with Gasteiger partial charge in [-0.25, -0.2) is 8.78 Å². The van der Waals surface area contributed by atoms with Gasteiger partial charge >= 0.3 is 0 Å². The summed E-state index contributed by atoms with van der Waals surface area (Å²) in [5.74, 6) is -0.310. The van der Waals surface area contributed by atoms with Crippen LogP contribution < -0.4 is 5.32 Å². The first-order valence-corrected chi connectivity index (χ1v) is 6.30. The first-order valence-electron chi connectivity index (χ1n) is 6.30. The summed E-state index contributed by atoms with van der Waals surface area (Å²) in [6, 6.07) is 7.38. The third-order valence-electron chi connectivity index (χ3n) is 2.98. The number of aromatic nitrogens is 3. The number of fused-ring (bicyclic) bond motifs is 1. The van der Waals surface area contributed by atoms with Gasteiger partial charge in [0.05, 0.1) is 17.4 Å². The Labute approximate surface area is 118 Å². The molecule has 3 rings (SSSR count). The molecule has 0 aromatic carbocycles. The van der Waals surface area contributed by atoms with Crippen molar-refractivity contribution in [3.63, 3.8) is 0 Å². The number of amides is 1. The van der Waals surface area contributed by atoms with Crippen LogP contribution in [0.5, 0.6) is 0 Å². The zero-order chi connectivity index (χ0) is 14.8. The molecule has 0 aliphatic heterocycles. The van der Waals surface area contributed by atoms with E-state index >= 15 is 0 Å². The van der Waals surface area contributed by atoms with Gasteiger partial charge in [0.1, 0.15) is 6.54 Å². The molecule has 3 heterocycles. The fraction of sp³-hybridized carbons (Fsp3) is 0.143. The normalized spacial score (nSPS) is 11.2. The predicted octanol–water partition coefficient (Wildman–Crippen LogP) is 2.65. The number of nitrogens with zero attached hydrogens (tertiary/aromatic N) is 3. The van der Waals surface area contributed by atoms with Gasteiger partial charge in [0, 0.05) is 24.1 Å². The van der Waals surface area contributed by atoms with Crippen molar-refractivity contribution in [1.82, 2.24) is 14.2 Å². The lowest BCUT2D eigenvalue weighted by Gasteiger charge is -2.00. The smallest absolute Gasteiger partial charge is 0.257 e. The summed E-state index contributed by atoms with van der Waals surface area (Å²) in [7, 11) is 0. The topological polar surface area (TPSA) is 51.3 Å². The lowest BCUT2D eigenvalue weighted by atomic mass is 10.3. The van der Waals surface area contributed by atoms with Crippen molar-refractivity contribution in [3.05, 3.63) is 54.6 Å². The molecule has 0 saturated heterocycles. The first-order chi connectivity index (χ1) is 10.1. The summed E-state index contributed by atoms with van der Waals surface area (Å²) in [4.78, 5) is 12.1. The van der Waals surface area contributed by atoms with Crippen molar-refractivity contribution in [2.24, 2.45) is 0 Å². The molecule has 3 aromatic rings. The highest BCUT2D eigenvalue weighted by molar-refractivity contribution is 6.05. The molecule has 5 nitrogen and oxygen atoms in total. The van der Waals surface area contributed by atoms with E-state index < -0.39 is 13.0 Å². The molecule has 21 heavy (non-hydrogen) atoms. The summed E-state index contributed by atoms with van der Waals surface area (Å²) in [5.41, 5.74) is 1.77. The van der Waals surface area contributed by atoms with Gasteiger partial charge in [-0.2, -0.15) is 5.10 Å². The lowest BCUT2D eigenvalue weighted by Crippen LogP contribution is -2.10. The van der Waals surface area contributed by atoms with E-state index in [9.17, 15) is 13.6 Å². The molecule has 3 aromatic heterocycles. The maximum absolute atomic E-state index is 12.2. The van der Waals surface area contributed by atoms with Crippen molar-refractivity contribution in [2.75, 3.05) is 5.32 Å². The number of hydrogen-bond donors (Lipinski definition) is 1. The van der Waals surface area contributed by atoms with Gasteiger partial charge in [0.2, 0.25) is 0 Å². The monoisotopic (exact) mass is 290 g/mol. The van der Waals surface area contributed by atoms with Crippen molar-refractivity contribution in [2.45, 2.75) is 13.0 Å². The molecule has 0 radical (unpaired) electrons. The molecule has 0 aliphatic rings. The Kier molecular flexibility index (Phi) is 3.39. The van der Waals surface area contributed by atoms with Crippen molar-refractivity contribution < 1.29 is 13.6 Å². The van der Waals surface area contributed by atoms with Crippen molar-refractivity contribution >= 4 is 17.1 Å². The standard InChI is InChI=1S/C14H12F2N4O/c15-13(16)9-20-8-11(6-17-20)18-14(21)10-5-12-3-1-2-4-19(12)7-10/h1-8,13H,9H2,(H,18,21). The molecule has 108 valence electrons. The molecule has 1 amide bonds. The number of pyridine rings is 1. The van der Waals surface area contributed by atoms with Gasteiger partial charge in [0.25, 0.3) is 12.3 Å². The SMILES string of the molecule is O=C(Nc1cnn(CC(F)F)c1)c1cc2ccccn2c1. The van der Waals surface area contributed by atoms with E-state index in [-0.39, 0.29) is 5.91 Å². The van der Waals surface area contributed by atoms with E-state index in [0.29, 0.717) is 11.3 Å². The molecule has 0 saturated carbocycles. The van der Waals surface area contributed by atoms with Crippen molar-refractivity contribution in [3.8, 4) is 0 Å². The second-order valence-corrected chi connectivity index (χ2v) is 4.56. The van der Waals surface area contributed by atoms with Crippen molar-refractivity contribution in [1.29, 1.82) is 0 Å². The Morgan fingerprint density at radius 1 is 1.33 bits per heavy atom. The van der Waals surface area contributed by atoms with Crippen LogP contribution in [0.4, 0.5) is 14.5 Å². The number of carbonyl (C=O) groups is 1. The Morgan fingerprint density at radius 3 is 2.95 bits per heavy atom. The molecular formula is C14H12F2N4O. The Morgan fingerprint density at radius 2 is 2.19 bits per heavy atom. The maximum Gasteiger partial charge on any atom is 0.257 e. The number of hydrogen-bond acceptors (Lipinski definition) is 2. The van der Waals surface area contributed by atoms with Gasteiger partial charge in [-0.1, -0.05) is 6.07 Å². The van der Waals surface area contributed by atoms with E-state index in [1.165, 1.54) is 12.4 Å². The minimum atomic E-state index is -2.48. The predicted molar refractivity (Wildman–Crippen MR) is 73.6 cm³/mol. The maximum atomic E-state index is 12.2.